The highest BCUT2D eigenvalue weighted by atomic mass is 19.1. The van der Waals surface area contributed by atoms with Crippen LogP contribution in [0.1, 0.15) is 89.7 Å². The van der Waals surface area contributed by atoms with Crippen LogP contribution in [-0.4, -0.2) is 34.7 Å². The molecule has 1 heterocycles. The monoisotopic (exact) mass is 564 g/mol. The van der Waals surface area contributed by atoms with Crippen LogP contribution < -0.4 is 5.43 Å². The van der Waals surface area contributed by atoms with Crippen LogP contribution in [0.4, 0.5) is 4.39 Å². The number of carbonyl (C=O) groups is 2. The molecule has 0 radical (unpaired) electrons. The zero-order valence-corrected chi connectivity index (χ0v) is 24.9. The van der Waals surface area contributed by atoms with E-state index in [1.54, 1.807) is 46.2 Å². The molecule has 2 aromatic carbocycles. The summed E-state index contributed by atoms with van der Waals surface area (Å²) in [6.45, 7) is 7.02. The summed E-state index contributed by atoms with van der Waals surface area (Å²) in [6.07, 6.45) is 10.5. The van der Waals surface area contributed by atoms with E-state index in [9.17, 15) is 18.8 Å². The average molecular weight is 565 g/mol. The van der Waals surface area contributed by atoms with Crippen LogP contribution in [0.15, 0.2) is 64.0 Å². The predicted molar refractivity (Wildman–Crippen MR) is 162 cm³/mol. The van der Waals surface area contributed by atoms with Crippen molar-refractivity contribution in [2.45, 2.75) is 91.6 Å². The minimum Gasteiger partial charge on any atom is -0.464 e. The fraction of sp³-hybridized carbons (Fsp3) is 0.500. The van der Waals surface area contributed by atoms with Gasteiger partial charge in [-0.05, 0) is 48.6 Å². The number of halogens is 1. The smallest absolute Gasteiger partial charge is 0.242 e. The normalized spacial score (nSPS) is 11.2. The molecule has 0 unspecified atom stereocenters. The first kappa shape index (κ1) is 32.0. The Hall–Kier alpha value is -3.48. The Labute approximate surface area is 243 Å². The first-order chi connectivity index (χ1) is 19.8. The quantitative estimate of drug-likeness (QED) is 0.159. The number of benzene rings is 2. The molecule has 3 rings (SSSR count). The Kier molecular flexibility index (Phi) is 13.1. The molecule has 0 aliphatic heterocycles. The second kappa shape index (κ2) is 16.7. The van der Waals surface area contributed by atoms with E-state index >= 15 is 0 Å². The average Bonchev–Trinajstić information content (AvgIpc) is 2.96. The summed E-state index contributed by atoms with van der Waals surface area (Å²) in [5, 5.41) is 0.447. The first-order valence-corrected chi connectivity index (χ1v) is 15.1. The van der Waals surface area contributed by atoms with E-state index in [1.807, 2.05) is 0 Å². The largest absolute Gasteiger partial charge is 0.464 e. The van der Waals surface area contributed by atoms with Crippen molar-refractivity contribution in [2.75, 3.05) is 13.1 Å². The lowest BCUT2D eigenvalue weighted by atomic mass is 10.1. The molecular weight excluding hydrogens is 519 g/mol. The zero-order valence-electron chi connectivity index (χ0n) is 24.9. The molecule has 0 fully saturated rings. The van der Waals surface area contributed by atoms with Crippen molar-refractivity contribution in [2.24, 2.45) is 5.92 Å². The number of rotatable bonds is 17. The number of fused-ring (bicyclic) bond motifs is 1. The number of unbranched alkanes of at least 4 members (excludes halogenated alkanes) is 6. The Morgan fingerprint density at radius 1 is 0.854 bits per heavy atom. The van der Waals surface area contributed by atoms with E-state index in [1.165, 1.54) is 44.1 Å². The van der Waals surface area contributed by atoms with Crippen LogP contribution in [0.25, 0.3) is 11.0 Å². The highest BCUT2D eigenvalue weighted by molar-refractivity contribution is 5.85. The van der Waals surface area contributed by atoms with Gasteiger partial charge < -0.3 is 14.2 Å². The molecule has 3 aromatic rings. The molecule has 0 saturated carbocycles. The second-order valence-corrected chi connectivity index (χ2v) is 11.3. The lowest BCUT2D eigenvalue weighted by Gasteiger charge is -2.28. The molecule has 2 amide bonds. The van der Waals surface area contributed by atoms with E-state index in [2.05, 4.69) is 20.8 Å². The topological polar surface area (TPSA) is 70.8 Å². The Morgan fingerprint density at radius 3 is 2.24 bits per heavy atom. The van der Waals surface area contributed by atoms with Gasteiger partial charge in [-0.3, -0.25) is 14.4 Å². The lowest BCUT2D eigenvalue weighted by Crippen LogP contribution is -2.43. The summed E-state index contributed by atoms with van der Waals surface area (Å²) in [5.41, 5.74) is 1.36. The number of carbonyl (C=O) groups excluding carboxylic acids is 2. The summed E-state index contributed by atoms with van der Waals surface area (Å²) in [5.74, 6) is -0.257. The third-order valence-corrected chi connectivity index (χ3v) is 7.40. The standard InChI is InChI=1S/C34H45FN2O4/c1-4-5-6-7-8-9-10-15-32(38)36(21-20-26(2)3)24-33(39)37(22-27-16-18-29(35)19-17-27)23-28-25-41-31-14-12-11-13-30(31)34(28)40/h11-14,16-19,25-26H,4-10,15,20-24H2,1-3H3. The van der Waals surface area contributed by atoms with Crippen LogP contribution in [0, 0.1) is 11.7 Å². The molecule has 0 spiro atoms. The minimum absolute atomic E-state index is 0.0143. The molecular formula is C34H45FN2O4. The summed E-state index contributed by atoms with van der Waals surface area (Å²) < 4.78 is 19.3. The van der Waals surface area contributed by atoms with Crippen LogP contribution in [0.2, 0.25) is 0 Å². The van der Waals surface area contributed by atoms with E-state index < -0.39 is 0 Å². The van der Waals surface area contributed by atoms with Gasteiger partial charge in [0.2, 0.25) is 11.8 Å². The highest BCUT2D eigenvalue weighted by Crippen LogP contribution is 2.16. The maximum atomic E-state index is 13.8. The van der Waals surface area contributed by atoms with Gasteiger partial charge in [-0.25, -0.2) is 4.39 Å². The number of para-hydroxylation sites is 1. The van der Waals surface area contributed by atoms with Gasteiger partial charge in [0.25, 0.3) is 0 Å². The van der Waals surface area contributed by atoms with Gasteiger partial charge in [-0.2, -0.15) is 0 Å². The van der Waals surface area contributed by atoms with Gasteiger partial charge in [0, 0.05) is 19.5 Å². The van der Waals surface area contributed by atoms with Gasteiger partial charge in [0.05, 0.1) is 30.3 Å². The Bertz CT molecular complexity index is 1300. The van der Waals surface area contributed by atoms with Crippen LogP contribution in [-0.2, 0) is 22.7 Å². The van der Waals surface area contributed by atoms with Gasteiger partial charge in [0.15, 0.2) is 5.43 Å². The van der Waals surface area contributed by atoms with Crippen molar-refractivity contribution >= 4 is 22.8 Å². The number of hydrogen-bond acceptors (Lipinski definition) is 4. The van der Waals surface area contributed by atoms with Crippen molar-refractivity contribution in [3.63, 3.8) is 0 Å². The maximum Gasteiger partial charge on any atom is 0.242 e. The molecule has 1 aromatic heterocycles. The third kappa shape index (κ3) is 10.5. The van der Waals surface area contributed by atoms with Crippen molar-refractivity contribution in [3.8, 4) is 0 Å². The summed E-state index contributed by atoms with van der Waals surface area (Å²) in [4.78, 5) is 43.4. The molecule has 222 valence electrons. The Balaban J connectivity index is 1.75. The molecule has 41 heavy (non-hydrogen) atoms. The predicted octanol–water partition coefficient (Wildman–Crippen LogP) is 7.48. The molecule has 0 saturated heterocycles. The molecule has 7 heteroatoms. The minimum atomic E-state index is -0.363. The molecule has 0 aliphatic rings. The second-order valence-electron chi connectivity index (χ2n) is 11.3. The SMILES string of the molecule is CCCCCCCCCC(=O)N(CCC(C)C)CC(=O)N(Cc1ccc(F)cc1)Cc1coc2ccccc2c1=O. The fourth-order valence-corrected chi connectivity index (χ4v) is 4.84. The third-order valence-electron chi connectivity index (χ3n) is 7.40. The Morgan fingerprint density at radius 2 is 1.54 bits per heavy atom. The molecule has 0 bridgehead atoms. The van der Waals surface area contributed by atoms with E-state index in [0.717, 1.165) is 31.2 Å². The summed E-state index contributed by atoms with van der Waals surface area (Å²) in [7, 11) is 0. The van der Waals surface area contributed by atoms with Crippen LogP contribution >= 0.6 is 0 Å². The highest BCUT2D eigenvalue weighted by Gasteiger charge is 2.23. The van der Waals surface area contributed by atoms with Gasteiger partial charge in [0.1, 0.15) is 11.4 Å². The van der Waals surface area contributed by atoms with E-state index in [0.29, 0.717) is 35.4 Å². The summed E-state index contributed by atoms with van der Waals surface area (Å²) >= 11 is 0. The molecule has 0 atom stereocenters. The van der Waals surface area contributed by atoms with Crippen molar-refractivity contribution in [3.05, 3.63) is 82.0 Å². The molecule has 6 nitrogen and oxygen atoms in total. The van der Waals surface area contributed by atoms with E-state index in [4.69, 9.17) is 4.42 Å². The van der Waals surface area contributed by atoms with Gasteiger partial charge in [-0.15, -0.1) is 0 Å². The van der Waals surface area contributed by atoms with Gasteiger partial charge in [-0.1, -0.05) is 83.6 Å². The van der Waals surface area contributed by atoms with Crippen LogP contribution in [0.3, 0.4) is 0 Å². The number of hydrogen-bond donors (Lipinski definition) is 0. The summed E-state index contributed by atoms with van der Waals surface area (Å²) in [6, 6.07) is 12.9. The van der Waals surface area contributed by atoms with Crippen molar-refractivity contribution in [1.82, 2.24) is 9.80 Å². The fourth-order valence-electron chi connectivity index (χ4n) is 4.84. The van der Waals surface area contributed by atoms with Crippen LogP contribution in [0.5, 0.6) is 0 Å². The number of nitrogens with zero attached hydrogens (tertiary/aromatic N) is 2. The zero-order chi connectivity index (χ0) is 29.6. The lowest BCUT2D eigenvalue weighted by molar-refractivity contribution is -0.141. The van der Waals surface area contributed by atoms with Gasteiger partial charge >= 0.3 is 0 Å². The molecule has 0 aliphatic carbocycles. The van der Waals surface area contributed by atoms with Crippen molar-refractivity contribution in [1.29, 1.82) is 0 Å². The molecule has 0 N–H and O–H groups in total. The maximum absolute atomic E-state index is 13.8. The van der Waals surface area contributed by atoms with E-state index in [-0.39, 0.29) is 42.7 Å². The number of amides is 2. The van der Waals surface area contributed by atoms with Crippen molar-refractivity contribution < 1.29 is 18.4 Å². The first-order valence-electron chi connectivity index (χ1n) is 15.1.